The number of rotatable bonds is 5. The van der Waals surface area contributed by atoms with Gasteiger partial charge in [0.25, 0.3) is 5.91 Å². The summed E-state index contributed by atoms with van der Waals surface area (Å²) < 4.78 is 5.51. The van der Waals surface area contributed by atoms with Crippen LogP contribution in [0.4, 0.5) is 0 Å². The largest absolute Gasteiger partial charge is 0.493 e. The standard InChI is InChI=1S/C21H23NO3/c23-18-12-17(13-18)19(10-14-4-2-1-3-5-14)22-21(24)16-6-7-20-15(11-16)8-9-25-20/h1-7,11,17-19,23H,8-10,12-13H2,(H,22,24)/t17?,18?,19-/m1/s1. The number of aliphatic hydroxyl groups is 1. The first-order valence-corrected chi connectivity index (χ1v) is 8.97. The number of carbonyl (C=O) groups is 1. The van der Waals surface area contributed by atoms with Gasteiger partial charge in [-0.05, 0) is 54.5 Å². The molecule has 1 amide bonds. The molecule has 1 aliphatic heterocycles. The predicted molar refractivity (Wildman–Crippen MR) is 95.8 cm³/mol. The Kier molecular flexibility index (Phi) is 4.45. The van der Waals surface area contributed by atoms with E-state index in [9.17, 15) is 9.90 Å². The fourth-order valence-electron chi connectivity index (χ4n) is 3.74. The molecular formula is C21H23NO3. The average Bonchev–Trinajstić information content (AvgIpc) is 3.07. The Hall–Kier alpha value is -2.33. The van der Waals surface area contributed by atoms with Gasteiger partial charge in [0.05, 0.1) is 12.7 Å². The van der Waals surface area contributed by atoms with Crippen LogP contribution >= 0.6 is 0 Å². The number of hydrogen-bond acceptors (Lipinski definition) is 3. The summed E-state index contributed by atoms with van der Waals surface area (Å²) in [6, 6.07) is 15.9. The molecule has 1 atom stereocenters. The third-order valence-corrected chi connectivity index (χ3v) is 5.29. The van der Waals surface area contributed by atoms with Gasteiger partial charge in [-0.25, -0.2) is 0 Å². The van der Waals surface area contributed by atoms with Crippen LogP contribution in [0.3, 0.4) is 0 Å². The van der Waals surface area contributed by atoms with Crippen molar-refractivity contribution in [2.45, 2.75) is 37.8 Å². The summed E-state index contributed by atoms with van der Waals surface area (Å²) in [4.78, 5) is 12.8. The zero-order chi connectivity index (χ0) is 17.2. The molecule has 0 bridgehead atoms. The number of amides is 1. The van der Waals surface area contributed by atoms with E-state index < -0.39 is 0 Å². The van der Waals surface area contributed by atoms with Crippen LogP contribution in [0.1, 0.15) is 34.3 Å². The van der Waals surface area contributed by atoms with Gasteiger partial charge in [-0.1, -0.05) is 30.3 Å². The summed E-state index contributed by atoms with van der Waals surface area (Å²) in [5.41, 5.74) is 2.99. The number of nitrogens with one attached hydrogen (secondary N) is 1. The molecule has 25 heavy (non-hydrogen) atoms. The number of fused-ring (bicyclic) bond motifs is 1. The van der Waals surface area contributed by atoms with E-state index >= 15 is 0 Å². The van der Waals surface area contributed by atoms with Crippen molar-refractivity contribution in [1.29, 1.82) is 0 Å². The molecule has 1 fully saturated rings. The summed E-state index contributed by atoms with van der Waals surface area (Å²) in [6.07, 6.45) is 2.94. The smallest absolute Gasteiger partial charge is 0.251 e. The number of aliphatic hydroxyl groups excluding tert-OH is 1. The Bertz CT molecular complexity index is 753. The van der Waals surface area contributed by atoms with Crippen LogP contribution in [0.2, 0.25) is 0 Å². The molecule has 0 unspecified atom stereocenters. The van der Waals surface area contributed by atoms with Crippen LogP contribution in [0.5, 0.6) is 5.75 Å². The zero-order valence-corrected chi connectivity index (χ0v) is 14.2. The van der Waals surface area contributed by atoms with Gasteiger partial charge in [0.1, 0.15) is 5.75 Å². The van der Waals surface area contributed by atoms with Crippen molar-refractivity contribution in [1.82, 2.24) is 5.32 Å². The van der Waals surface area contributed by atoms with E-state index in [0.717, 1.165) is 37.0 Å². The van der Waals surface area contributed by atoms with E-state index in [1.807, 2.05) is 36.4 Å². The Morgan fingerprint density at radius 1 is 1.20 bits per heavy atom. The molecule has 1 saturated carbocycles. The summed E-state index contributed by atoms with van der Waals surface area (Å²) in [5, 5.41) is 12.9. The molecule has 4 nitrogen and oxygen atoms in total. The lowest BCUT2D eigenvalue weighted by molar-refractivity contribution is 0.0239. The lowest BCUT2D eigenvalue weighted by Gasteiger charge is -2.38. The lowest BCUT2D eigenvalue weighted by atomic mass is 9.75. The molecule has 2 aliphatic rings. The van der Waals surface area contributed by atoms with Gasteiger partial charge in [-0.15, -0.1) is 0 Å². The molecule has 4 heteroatoms. The molecule has 0 radical (unpaired) electrons. The van der Waals surface area contributed by atoms with Crippen LogP contribution < -0.4 is 10.1 Å². The molecule has 0 aromatic heterocycles. The molecule has 0 spiro atoms. The van der Waals surface area contributed by atoms with Gasteiger partial charge >= 0.3 is 0 Å². The quantitative estimate of drug-likeness (QED) is 0.882. The molecule has 1 heterocycles. The second-order valence-corrected chi connectivity index (χ2v) is 7.08. The maximum atomic E-state index is 12.8. The van der Waals surface area contributed by atoms with Crippen molar-refractivity contribution in [2.75, 3.05) is 6.61 Å². The van der Waals surface area contributed by atoms with Gasteiger partial charge in [-0.3, -0.25) is 4.79 Å². The van der Waals surface area contributed by atoms with E-state index in [2.05, 4.69) is 17.4 Å². The van der Waals surface area contributed by atoms with Crippen molar-refractivity contribution >= 4 is 5.91 Å². The van der Waals surface area contributed by atoms with E-state index in [0.29, 0.717) is 18.1 Å². The van der Waals surface area contributed by atoms with Gasteiger partial charge < -0.3 is 15.2 Å². The number of benzene rings is 2. The average molecular weight is 337 g/mol. The monoisotopic (exact) mass is 337 g/mol. The van der Waals surface area contributed by atoms with Crippen LogP contribution in [0.15, 0.2) is 48.5 Å². The first kappa shape index (κ1) is 16.2. The highest BCUT2D eigenvalue weighted by Gasteiger charge is 2.35. The normalized spacial score (nSPS) is 22.4. The Labute approximate surface area is 147 Å². The maximum absolute atomic E-state index is 12.8. The van der Waals surface area contributed by atoms with Crippen LogP contribution in [-0.4, -0.2) is 29.8 Å². The topological polar surface area (TPSA) is 58.6 Å². The molecule has 0 saturated heterocycles. The fourth-order valence-corrected chi connectivity index (χ4v) is 3.74. The van der Waals surface area contributed by atoms with Crippen molar-refractivity contribution in [2.24, 2.45) is 5.92 Å². The van der Waals surface area contributed by atoms with Crippen LogP contribution in [0.25, 0.3) is 0 Å². The molecular weight excluding hydrogens is 314 g/mol. The third-order valence-electron chi connectivity index (χ3n) is 5.29. The molecule has 2 N–H and O–H groups in total. The van der Waals surface area contributed by atoms with E-state index in [-0.39, 0.29) is 18.1 Å². The summed E-state index contributed by atoms with van der Waals surface area (Å²) in [7, 11) is 0. The van der Waals surface area contributed by atoms with Crippen molar-refractivity contribution in [3.05, 3.63) is 65.2 Å². The number of carbonyl (C=O) groups excluding carboxylic acids is 1. The Balaban J connectivity index is 1.48. The van der Waals surface area contributed by atoms with Gasteiger partial charge in [0.2, 0.25) is 0 Å². The minimum absolute atomic E-state index is 0.0443. The molecule has 4 rings (SSSR count). The lowest BCUT2D eigenvalue weighted by Crippen LogP contribution is -2.48. The number of ether oxygens (including phenoxy) is 1. The Morgan fingerprint density at radius 2 is 2.00 bits per heavy atom. The third kappa shape index (κ3) is 3.54. The van der Waals surface area contributed by atoms with Gasteiger partial charge in [0, 0.05) is 18.0 Å². The van der Waals surface area contributed by atoms with Crippen LogP contribution in [0, 0.1) is 5.92 Å². The maximum Gasteiger partial charge on any atom is 0.251 e. The minimum atomic E-state index is -0.225. The summed E-state index contributed by atoms with van der Waals surface area (Å²) >= 11 is 0. The van der Waals surface area contributed by atoms with E-state index in [1.54, 1.807) is 0 Å². The van der Waals surface area contributed by atoms with E-state index in [4.69, 9.17) is 4.74 Å². The molecule has 2 aromatic rings. The SMILES string of the molecule is O=C(N[C@H](Cc1ccccc1)C1CC(O)C1)c1ccc2c(c1)CCO2. The predicted octanol–water partition coefficient (Wildman–Crippen LogP) is 2.73. The zero-order valence-electron chi connectivity index (χ0n) is 14.2. The first-order valence-electron chi connectivity index (χ1n) is 8.97. The van der Waals surface area contributed by atoms with Crippen molar-refractivity contribution < 1.29 is 14.6 Å². The molecule has 1 aliphatic carbocycles. The van der Waals surface area contributed by atoms with Crippen molar-refractivity contribution in [3.63, 3.8) is 0 Å². The minimum Gasteiger partial charge on any atom is -0.493 e. The summed E-state index contributed by atoms with van der Waals surface area (Å²) in [6.45, 7) is 0.691. The van der Waals surface area contributed by atoms with Crippen molar-refractivity contribution in [3.8, 4) is 5.75 Å². The number of hydrogen-bond donors (Lipinski definition) is 2. The van der Waals surface area contributed by atoms with E-state index in [1.165, 1.54) is 5.56 Å². The highest BCUT2D eigenvalue weighted by atomic mass is 16.5. The first-order chi connectivity index (χ1) is 12.2. The second-order valence-electron chi connectivity index (χ2n) is 7.08. The fraction of sp³-hybridized carbons (Fsp3) is 0.381. The highest BCUT2D eigenvalue weighted by molar-refractivity contribution is 5.94. The summed E-state index contributed by atoms with van der Waals surface area (Å²) in [5.74, 6) is 1.17. The van der Waals surface area contributed by atoms with Gasteiger partial charge in [0.15, 0.2) is 0 Å². The molecule has 130 valence electrons. The van der Waals surface area contributed by atoms with Gasteiger partial charge in [-0.2, -0.15) is 0 Å². The second kappa shape index (κ2) is 6.89. The molecule has 2 aromatic carbocycles. The Morgan fingerprint density at radius 3 is 2.76 bits per heavy atom. The van der Waals surface area contributed by atoms with Crippen LogP contribution in [-0.2, 0) is 12.8 Å². The highest BCUT2D eigenvalue weighted by Crippen LogP contribution is 2.32.